The predicted molar refractivity (Wildman–Crippen MR) is 137 cm³/mol. The molecule has 0 bridgehead atoms. The van der Waals surface area contributed by atoms with Crippen LogP contribution in [0.4, 0.5) is 0 Å². The minimum absolute atomic E-state index is 0.0582. The van der Waals surface area contributed by atoms with Gasteiger partial charge in [0.25, 0.3) is 0 Å². The van der Waals surface area contributed by atoms with Crippen LogP contribution in [0.2, 0.25) is 0 Å². The van der Waals surface area contributed by atoms with E-state index in [9.17, 15) is 4.79 Å². The maximum Gasteiger partial charge on any atom is 0.220 e. The summed E-state index contributed by atoms with van der Waals surface area (Å²) in [5.41, 5.74) is 5.98. The Morgan fingerprint density at radius 2 is 1.71 bits per heavy atom. The van der Waals surface area contributed by atoms with Crippen LogP contribution in [0.3, 0.4) is 0 Å². The monoisotopic (exact) mass is 456 g/mol. The molecule has 176 valence electrons. The quantitative estimate of drug-likeness (QED) is 0.352. The fourth-order valence-corrected chi connectivity index (χ4v) is 4.27. The van der Waals surface area contributed by atoms with Crippen molar-refractivity contribution in [3.8, 4) is 11.5 Å². The predicted octanol–water partition coefficient (Wildman–Crippen LogP) is 5.31. The maximum absolute atomic E-state index is 12.6. The second-order valence-corrected chi connectivity index (χ2v) is 8.56. The Bertz CT molecular complexity index is 1260. The highest BCUT2D eigenvalue weighted by atomic mass is 16.5. The zero-order valence-electron chi connectivity index (χ0n) is 20.1. The molecule has 0 fully saturated rings. The first-order valence-electron chi connectivity index (χ1n) is 11.7. The lowest BCUT2D eigenvalue weighted by Gasteiger charge is -2.11. The van der Waals surface area contributed by atoms with Crippen molar-refractivity contribution in [3.05, 3.63) is 95.2 Å². The highest BCUT2D eigenvalue weighted by molar-refractivity contribution is 5.85. The highest BCUT2D eigenvalue weighted by Gasteiger charge is 2.11. The van der Waals surface area contributed by atoms with E-state index in [1.165, 1.54) is 27.6 Å². The van der Waals surface area contributed by atoms with Crippen molar-refractivity contribution in [1.29, 1.82) is 0 Å². The number of nitrogens with zero attached hydrogens (tertiary/aromatic N) is 1. The Hall–Kier alpha value is -3.73. The molecule has 0 saturated carbocycles. The molecule has 0 aliphatic carbocycles. The van der Waals surface area contributed by atoms with Gasteiger partial charge in [0.05, 0.1) is 14.2 Å². The van der Waals surface area contributed by atoms with Gasteiger partial charge in [0.1, 0.15) is 11.5 Å². The van der Waals surface area contributed by atoms with E-state index < -0.39 is 0 Å². The number of benzene rings is 3. The summed E-state index contributed by atoms with van der Waals surface area (Å²) < 4.78 is 13.0. The van der Waals surface area contributed by atoms with Gasteiger partial charge < -0.3 is 19.4 Å². The third-order valence-electron chi connectivity index (χ3n) is 6.18. The molecule has 5 nitrogen and oxygen atoms in total. The zero-order valence-corrected chi connectivity index (χ0v) is 20.1. The van der Waals surface area contributed by atoms with E-state index in [1.54, 1.807) is 14.2 Å². The molecule has 4 aromatic rings. The Balaban J connectivity index is 1.36. The van der Waals surface area contributed by atoms with Gasteiger partial charge in [-0.25, -0.2) is 0 Å². The molecule has 5 heteroatoms. The van der Waals surface area contributed by atoms with Crippen LogP contribution >= 0.6 is 0 Å². The number of fused-ring (bicyclic) bond motifs is 1. The topological polar surface area (TPSA) is 52.5 Å². The number of methoxy groups -OCH3 is 2. The summed E-state index contributed by atoms with van der Waals surface area (Å²) in [6.45, 7) is 3.49. The molecule has 1 N–H and O–H groups in total. The smallest absolute Gasteiger partial charge is 0.220 e. The van der Waals surface area contributed by atoms with Crippen molar-refractivity contribution in [2.45, 2.75) is 32.7 Å². The first-order chi connectivity index (χ1) is 16.6. The summed E-state index contributed by atoms with van der Waals surface area (Å²) in [6, 6.07) is 22.8. The summed E-state index contributed by atoms with van der Waals surface area (Å²) in [5.74, 6) is 1.59. The van der Waals surface area contributed by atoms with E-state index in [0.29, 0.717) is 25.8 Å². The molecule has 0 atom stereocenters. The van der Waals surface area contributed by atoms with Gasteiger partial charge in [0.15, 0.2) is 0 Å². The first-order valence-corrected chi connectivity index (χ1v) is 11.7. The number of amides is 1. The highest BCUT2D eigenvalue weighted by Crippen LogP contribution is 2.25. The van der Waals surface area contributed by atoms with Crippen LogP contribution in [0.15, 0.2) is 72.9 Å². The largest absolute Gasteiger partial charge is 0.497 e. The molecule has 0 aliphatic rings. The lowest BCUT2D eigenvalue weighted by Crippen LogP contribution is -2.26. The Kier molecular flexibility index (Phi) is 7.53. The van der Waals surface area contributed by atoms with Gasteiger partial charge in [-0.15, -0.1) is 0 Å². The van der Waals surface area contributed by atoms with Gasteiger partial charge in [-0.05, 0) is 48.6 Å². The Labute approximate surface area is 201 Å². The fraction of sp³-hybridized carbons (Fsp3) is 0.276. The molecule has 0 spiro atoms. The fourth-order valence-electron chi connectivity index (χ4n) is 4.27. The summed E-state index contributed by atoms with van der Waals surface area (Å²) in [7, 11) is 3.28. The molecular weight excluding hydrogens is 424 g/mol. The number of aromatic nitrogens is 1. The van der Waals surface area contributed by atoms with Crippen LogP contribution in [-0.2, 0) is 24.2 Å². The second kappa shape index (κ2) is 10.9. The van der Waals surface area contributed by atoms with Crippen molar-refractivity contribution in [3.63, 3.8) is 0 Å². The van der Waals surface area contributed by atoms with Gasteiger partial charge in [-0.3, -0.25) is 4.79 Å². The minimum atomic E-state index is 0.0582. The second-order valence-electron chi connectivity index (χ2n) is 8.56. The normalized spacial score (nSPS) is 10.9. The molecule has 0 unspecified atom stereocenters. The van der Waals surface area contributed by atoms with E-state index in [4.69, 9.17) is 9.47 Å². The number of ether oxygens (including phenoxy) is 2. The van der Waals surface area contributed by atoms with E-state index in [2.05, 4.69) is 71.5 Å². The summed E-state index contributed by atoms with van der Waals surface area (Å²) >= 11 is 0. The summed E-state index contributed by atoms with van der Waals surface area (Å²) in [6.07, 6.45) is 4.06. The molecule has 0 saturated heterocycles. The molecule has 0 radical (unpaired) electrons. The number of carbonyl (C=O) groups is 1. The lowest BCUT2D eigenvalue weighted by molar-refractivity contribution is -0.121. The van der Waals surface area contributed by atoms with Gasteiger partial charge in [0.2, 0.25) is 5.91 Å². The molecule has 1 heterocycles. The number of hydrogen-bond acceptors (Lipinski definition) is 3. The average molecular weight is 457 g/mol. The van der Waals surface area contributed by atoms with Crippen molar-refractivity contribution in [2.75, 3.05) is 20.8 Å². The number of aryl methyl sites for hydroxylation is 2. The number of hydrogen-bond donors (Lipinski definition) is 1. The molecule has 0 aliphatic heterocycles. The van der Waals surface area contributed by atoms with Crippen LogP contribution < -0.4 is 14.8 Å². The number of rotatable bonds is 10. The maximum atomic E-state index is 12.6. The van der Waals surface area contributed by atoms with Crippen molar-refractivity contribution in [1.82, 2.24) is 9.88 Å². The van der Waals surface area contributed by atoms with Crippen molar-refractivity contribution in [2.24, 2.45) is 0 Å². The van der Waals surface area contributed by atoms with Crippen LogP contribution in [0.5, 0.6) is 11.5 Å². The Morgan fingerprint density at radius 3 is 2.47 bits per heavy atom. The van der Waals surface area contributed by atoms with Crippen LogP contribution in [0, 0.1) is 6.92 Å². The van der Waals surface area contributed by atoms with Gasteiger partial charge >= 0.3 is 0 Å². The van der Waals surface area contributed by atoms with Gasteiger partial charge in [0, 0.05) is 42.7 Å². The third kappa shape index (κ3) is 5.60. The first kappa shape index (κ1) is 23.4. The van der Waals surface area contributed by atoms with Crippen molar-refractivity contribution < 1.29 is 14.3 Å². The van der Waals surface area contributed by atoms with Crippen LogP contribution in [-0.4, -0.2) is 31.2 Å². The molecule has 4 rings (SSSR count). The number of para-hydroxylation sites is 1. The molecule has 34 heavy (non-hydrogen) atoms. The van der Waals surface area contributed by atoms with E-state index in [-0.39, 0.29) is 5.91 Å². The average Bonchev–Trinajstić information content (AvgIpc) is 3.21. The van der Waals surface area contributed by atoms with Crippen LogP contribution in [0.25, 0.3) is 10.9 Å². The molecule has 1 amide bonds. The van der Waals surface area contributed by atoms with E-state index >= 15 is 0 Å². The van der Waals surface area contributed by atoms with E-state index in [0.717, 1.165) is 23.6 Å². The molecular formula is C29H32N2O3. The van der Waals surface area contributed by atoms with Gasteiger partial charge in [-0.1, -0.05) is 54.1 Å². The van der Waals surface area contributed by atoms with Crippen molar-refractivity contribution >= 4 is 16.8 Å². The van der Waals surface area contributed by atoms with Gasteiger partial charge in [-0.2, -0.15) is 0 Å². The minimum Gasteiger partial charge on any atom is -0.497 e. The lowest BCUT2D eigenvalue weighted by atomic mass is 10.1. The summed E-state index contributed by atoms with van der Waals surface area (Å²) in [5, 5.41) is 4.26. The zero-order chi connectivity index (χ0) is 23.9. The number of nitrogens with one attached hydrogen (secondary N) is 1. The summed E-state index contributed by atoms with van der Waals surface area (Å²) in [4.78, 5) is 12.6. The standard InChI is InChI=1S/C29H32N2O3/c1-21-8-10-22(11-9-21)19-31-20-24(26-6-4-5-7-27(26)31)13-15-29(32)30-17-16-23-12-14-25(33-2)18-28(23)34-3/h4-12,14,18,20H,13,15-17,19H2,1-3H3,(H,30,32). The van der Waals surface area contributed by atoms with Crippen LogP contribution in [0.1, 0.15) is 28.7 Å². The van der Waals surface area contributed by atoms with E-state index in [1.807, 2.05) is 18.2 Å². The molecule has 3 aromatic carbocycles. The molecule has 1 aromatic heterocycles. The third-order valence-corrected chi connectivity index (χ3v) is 6.18. The SMILES string of the molecule is COc1ccc(CCNC(=O)CCc2cn(Cc3ccc(C)cc3)c3ccccc23)c(OC)c1. The Morgan fingerprint density at radius 1 is 0.912 bits per heavy atom. The number of carbonyl (C=O) groups excluding carboxylic acids is 1.